The van der Waals surface area contributed by atoms with Crippen molar-refractivity contribution in [2.24, 2.45) is 4.99 Å². The first kappa shape index (κ1) is 32.6. The minimum Gasteiger partial charge on any atom is -0.493 e. The molecule has 4 aromatic carbocycles. The molecule has 0 fully saturated rings. The summed E-state index contributed by atoms with van der Waals surface area (Å²) in [4.78, 5) is 33.1. The number of esters is 1. The van der Waals surface area contributed by atoms with Crippen molar-refractivity contribution in [3.05, 3.63) is 154 Å². The maximum Gasteiger partial charge on any atom is 0.338 e. The Hall–Kier alpha value is -4.34. The number of fused-ring (bicyclic) bond motifs is 1. The number of nitrogens with zero attached hydrogens (tertiary/aromatic N) is 2. The Morgan fingerprint density at radius 2 is 1.72 bits per heavy atom. The molecule has 0 N–H and O–H groups in total. The summed E-state index contributed by atoms with van der Waals surface area (Å²) in [5.41, 5.74) is 3.24. The van der Waals surface area contributed by atoms with Gasteiger partial charge in [0.25, 0.3) is 5.56 Å². The van der Waals surface area contributed by atoms with Crippen LogP contribution in [-0.2, 0) is 16.1 Å². The number of hydrogen-bond donors (Lipinski definition) is 0. The predicted molar refractivity (Wildman–Crippen MR) is 186 cm³/mol. The van der Waals surface area contributed by atoms with E-state index in [9.17, 15) is 9.59 Å². The minimum atomic E-state index is -0.819. The van der Waals surface area contributed by atoms with Gasteiger partial charge in [-0.05, 0) is 66.1 Å². The van der Waals surface area contributed by atoms with Gasteiger partial charge in [-0.3, -0.25) is 9.36 Å². The Kier molecular flexibility index (Phi) is 9.84. The van der Waals surface area contributed by atoms with Crippen LogP contribution in [0.1, 0.15) is 35.2 Å². The lowest BCUT2D eigenvalue weighted by Gasteiger charge is -2.25. The molecule has 0 spiro atoms. The summed E-state index contributed by atoms with van der Waals surface area (Å²) in [6.45, 7) is 2.12. The van der Waals surface area contributed by atoms with Crippen LogP contribution < -0.4 is 24.4 Å². The number of carbonyl (C=O) groups excluding carboxylic acids is 1. The third kappa shape index (κ3) is 6.87. The molecule has 6 rings (SSSR count). The van der Waals surface area contributed by atoms with E-state index in [1.807, 2.05) is 48.5 Å². The van der Waals surface area contributed by atoms with E-state index >= 15 is 0 Å². The van der Waals surface area contributed by atoms with Crippen molar-refractivity contribution in [1.82, 2.24) is 4.57 Å². The lowest BCUT2D eigenvalue weighted by atomic mass is 9.93. The molecule has 1 aliphatic heterocycles. The van der Waals surface area contributed by atoms with E-state index < -0.39 is 12.0 Å². The Bertz CT molecular complexity index is 2180. The fraction of sp³-hybridized carbons (Fsp3) is 0.139. The van der Waals surface area contributed by atoms with Crippen molar-refractivity contribution in [1.29, 1.82) is 0 Å². The lowest BCUT2D eigenvalue weighted by Crippen LogP contribution is -2.40. The van der Waals surface area contributed by atoms with E-state index in [1.165, 1.54) is 23.0 Å². The van der Waals surface area contributed by atoms with Crippen molar-refractivity contribution >= 4 is 63.9 Å². The van der Waals surface area contributed by atoms with Gasteiger partial charge in [-0.2, -0.15) is 0 Å². The van der Waals surface area contributed by atoms with Crippen LogP contribution in [0.25, 0.3) is 11.8 Å². The van der Waals surface area contributed by atoms with Gasteiger partial charge in [0, 0.05) is 15.6 Å². The molecule has 7 nitrogen and oxygen atoms in total. The summed E-state index contributed by atoms with van der Waals surface area (Å²) >= 11 is 20.2. The molecule has 0 radical (unpaired) electrons. The second-order valence-electron chi connectivity index (χ2n) is 10.4. The number of halogens is 3. The topological polar surface area (TPSA) is 79.1 Å². The molecule has 0 unspecified atom stereocenters. The van der Waals surface area contributed by atoms with Gasteiger partial charge in [0.1, 0.15) is 6.61 Å². The average molecular weight is 706 g/mol. The van der Waals surface area contributed by atoms with Gasteiger partial charge in [0.05, 0.1) is 40.6 Å². The molecule has 238 valence electrons. The molecule has 0 saturated heterocycles. The maximum atomic E-state index is 14.2. The molecule has 0 saturated carbocycles. The SMILES string of the molecule is CCOC(=O)C1=C(c2ccccc2)N=c2s/c(=C\c3cc(Cl)c(OCc4cccc(Cl)c4)c(OC)c3)c(=O)n2[C@@H]1c1ccc(Cl)cc1. The van der Waals surface area contributed by atoms with E-state index in [2.05, 4.69) is 0 Å². The number of carbonyl (C=O) groups is 1. The van der Waals surface area contributed by atoms with Gasteiger partial charge in [-0.15, -0.1) is 0 Å². The highest BCUT2D eigenvalue weighted by Crippen LogP contribution is 2.38. The zero-order valence-corrected chi connectivity index (χ0v) is 28.3. The molecule has 5 aromatic rings. The van der Waals surface area contributed by atoms with E-state index in [0.717, 1.165) is 11.1 Å². The van der Waals surface area contributed by atoms with Gasteiger partial charge < -0.3 is 14.2 Å². The summed E-state index contributed by atoms with van der Waals surface area (Å²) in [6, 6.07) is 26.4. The predicted octanol–water partition coefficient (Wildman–Crippen LogP) is 7.48. The Morgan fingerprint density at radius 1 is 0.957 bits per heavy atom. The summed E-state index contributed by atoms with van der Waals surface area (Å²) in [7, 11) is 1.52. The molecule has 0 amide bonds. The number of ether oxygens (including phenoxy) is 3. The van der Waals surface area contributed by atoms with Crippen LogP contribution in [0.4, 0.5) is 0 Å². The molecule has 0 bridgehead atoms. The molecule has 47 heavy (non-hydrogen) atoms. The van der Waals surface area contributed by atoms with E-state index in [-0.39, 0.29) is 24.3 Å². The van der Waals surface area contributed by atoms with Crippen LogP contribution >= 0.6 is 46.1 Å². The normalized spacial score (nSPS) is 14.4. The summed E-state index contributed by atoms with van der Waals surface area (Å²) in [5.74, 6) is 0.199. The number of hydrogen-bond acceptors (Lipinski definition) is 7. The molecular weight excluding hydrogens is 679 g/mol. The Morgan fingerprint density at radius 3 is 2.43 bits per heavy atom. The largest absolute Gasteiger partial charge is 0.493 e. The van der Waals surface area contributed by atoms with Gasteiger partial charge >= 0.3 is 5.97 Å². The van der Waals surface area contributed by atoms with Gasteiger partial charge in [0.15, 0.2) is 16.3 Å². The maximum absolute atomic E-state index is 14.2. The summed E-state index contributed by atoms with van der Waals surface area (Å²) < 4.78 is 19.1. The molecule has 0 aliphatic carbocycles. The Labute approximate surface area is 289 Å². The zero-order valence-electron chi connectivity index (χ0n) is 25.2. The number of thiazole rings is 1. The fourth-order valence-corrected chi connectivity index (χ4v) is 6.91. The van der Waals surface area contributed by atoms with Crippen molar-refractivity contribution in [3.63, 3.8) is 0 Å². The minimum absolute atomic E-state index is 0.156. The van der Waals surface area contributed by atoms with Crippen molar-refractivity contribution in [2.45, 2.75) is 19.6 Å². The number of aromatic nitrogens is 1. The van der Waals surface area contributed by atoms with Crippen molar-refractivity contribution in [2.75, 3.05) is 13.7 Å². The van der Waals surface area contributed by atoms with E-state index in [0.29, 0.717) is 52.7 Å². The summed E-state index contributed by atoms with van der Waals surface area (Å²) in [6.07, 6.45) is 1.72. The van der Waals surface area contributed by atoms with Gasteiger partial charge in [0.2, 0.25) is 0 Å². The van der Waals surface area contributed by atoms with Crippen molar-refractivity contribution < 1.29 is 19.0 Å². The third-order valence-electron chi connectivity index (χ3n) is 7.38. The van der Waals surface area contributed by atoms with Gasteiger partial charge in [-0.25, -0.2) is 9.79 Å². The Balaban J connectivity index is 1.49. The highest BCUT2D eigenvalue weighted by Gasteiger charge is 2.35. The number of rotatable bonds is 9. The third-order valence-corrected chi connectivity index (χ3v) is 9.13. The highest BCUT2D eigenvalue weighted by molar-refractivity contribution is 7.07. The molecule has 1 aliphatic rings. The quantitative estimate of drug-likeness (QED) is 0.149. The smallest absolute Gasteiger partial charge is 0.338 e. The second kappa shape index (κ2) is 14.2. The van der Waals surface area contributed by atoms with Gasteiger partial charge in [-0.1, -0.05) is 101 Å². The first-order valence-electron chi connectivity index (χ1n) is 14.6. The highest BCUT2D eigenvalue weighted by atomic mass is 35.5. The molecule has 2 heterocycles. The van der Waals surface area contributed by atoms with Crippen LogP contribution in [0.5, 0.6) is 11.5 Å². The molecule has 1 aromatic heterocycles. The second-order valence-corrected chi connectivity index (χ2v) is 12.7. The molecular formula is C36H27Cl3N2O5S. The molecule has 11 heteroatoms. The fourth-order valence-electron chi connectivity index (χ4n) is 5.30. The first-order chi connectivity index (χ1) is 22.8. The van der Waals surface area contributed by atoms with Crippen LogP contribution in [0, 0.1) is 0 Å². The average Bonchev–Trinajstić information content (AvgIpc) is 3.38. The molecule has 1 atom stereocenters. The van der Waals surface area contributed by atoms with E-state index in [4.69, 9.17) is 54.0 Å². The van der Waals surface area contributed by atoms with Crippen molar-refractivity contribution in [3.8, 4) is 11.5 Å². The lowest BCUT2D eigenvalue weighted by molar-refractivity contribution is -0.138. The zero-order chi connectivity index (χ0) is 33.1. The standard InChI is InChI=1S/C36H27Cl3N2O5S/c1-3-45-35(43)30-31(23-9-5-4-6-10-23)40-36-41(32(30)24-12-14-25(37)15-13-24)34(42)29(47-36)19-22-17-27(39)33(28(18-22)44-2)46-20-21-8-7-11-26(38)16-21/h4-19,32H,3,20H2,1-2H3/b29-19-/t32-/m1/s1. The van der Waals surface area contributed by atoms with Crippen LogP contribution in [0.2, 0.25) is 15.1 Å². The summed E-state index contributed by atoms with van der Waals surface area (Å²) in [5, 5.41) is 1.43. The number of methoxy groups -OCH3 is 1. The number of benzene rings is 4. The van der Waals surface area contributed by atoms with Crippen LogP contribution in [0.15, 0.2) is 106 Å². The van der Waals surface area contributed by atoms with E-state index in [1.54, 1.807) is 55.5 Å². The monoisotopic (exact) mass is 704 g/mol. The first-order valence-corrected chi connectivity index (χ1v) is 16.5. The van der Waals surface area contributed by atoms with Crippen LogP contribution in [-0.4, -0.2) is 24.3 Å². The van der Waals surface area contributed by atoms with Crippen LogP contribution in [0.3, 0.4) is 0 Å².